The first-order valence-corrected chi connectivity index (χ1v) is 8.78. The molecule has 3 rings (SSSR count). The van der Waals surface area contributed by atoms with Crippen LogP contribution < -0.4 is 15.5 Å². The van der Waals surface area contributed by atoms with Crippen LogP contribution in [0.15, 0.2) is 54.7 Å². The number of nitrogens with zero attached hydrogens (tertiary/aromatic N) is 2. The summed E-state index contributed by atoms with van der Waals surface area (Å²) >= 11 is 0. The van der Waals surface area contributed by atoms with E-state index in [-0.39, 0.29) is 11.6 Å². The largest absolute Gasteiger partial charge is 0.378 e. The normalized spacial score (nSPS) is 11.7. The summed E-state index contributed by atoms with van der Waals surface area (Å²) in [7, 11) is 3.89. The van der Waals surface area contributed by atoms with Crippen LogP contribution >= 0.6 is 0 Å². The lowest BCUT2D eigenvalue weighted by Crippen LogP contribution is -2.36. The second kappa shape index (κ2) is 8.04. The van der Waals surface area contributed by atoms with Crippen LogP contribution in [-0.4, -0.2) is 30.9 Å². The highest BCUT2D eigenvalue weighted by Gasteiger charge is 2.18. The molecule has 6 nitrogen and oxygen atoms in total. The van der Waals surface area contributed by atoms with Crippen molar-refractivity contribution in [2.45, 2.75) is 13.0 Å². The highest BCUT2D eigenvalue weighted by molar-refractivity contribution is 6.39. The molecule has 1 atom stereocenters. The Morgan fingerprint density at radius 1 is 1.07 bits per heavy atom. The van der Waals surface area contributed by atoms with Crippen LogP contribution in [0.25, 0.3) is 10.9 Å². The van der Waals surface area contributed by atoms with Crippen LogP contribution in [0, 0.1) is 5.82 Å². The van der Waals surface area contributed by atoms with Gasteiger partial charge in [0.25, 0.3) is 0 Å². The first-order chi connectivity index (χ1) is 13.3. The highest BCUT2D eigenvalue weighted by atomic mass is 19.1. The van der Waals surface area contributed by atoms with Crippen LogP contribution in [0.3, 0.4) is 0 Å². The number of pyridine rings is 1. The molecule has 0 bridgehead atoms. The number of carbonyl (C=O) groups excluding carboxylic acids is 2. The highest BCUT2D eigenvalue weighted by Crippen LogP contribution is 2.20. The van der Waals surface area contributed by atoms with Gasteiger partial charge in [0.05, 0.1) is 17.9 Å². The molecule has 0 radical (unpaired) electrons. The zero-order valence-electron chi connectivity index (χ0n) is 15.9. The molecule has 1 unspecified atom stereocenters. The molecule has 28 heavy (non-hydrogen) atoms. The van der Waals surface area contributed by atoms with Crippen LogP contribution in [0.1, 0.15) is 18.5 Å². The maximum absolute atomic E-state index is 13.7. The zero-order chi connectivity index (χ0) is 20.3. The summed E-state index contributed by atoms with van der Waals surface area (Å²) < 4.78 is 13.7. The number of nitrogens with one attached hydrogen (secondary N) is 2. The van der Waals surface area contributed by atoms with Gasteiger partial charge in [0.1, 0.15) is 11.3 Å². The van der Waals surface area contributed by atoms with Gasteiger partial charge < -0.3 is 15.5 Å². The molecule has 7 heteroatoms. The smallest absolute Gasteiger partial charge is 0.313 e. The fourth-order valence-corrected chi connectivity index (χ4v) is 2.79. The number of hydrogen-bond acceptors (Lipinski definition) is 4. The number of anilines is 2. The number of fused-ring (bicyclic) bond motifs is 1. The Balaban J connectivity index is 1.65. The summed E-state index contributed by atoms with van der Waals surface area (Å²) in [4.78, 5) is 30.4. The molecular weight excluding hydrogens is 359 g/mol. The molecule has 3 aromatic rings. The van der Waals surface area contributed by atoms with E-state index in [2.05, 4.69) is 15.6 Å². The summed E-state index contributed by atoms with van der Waals surface area (Å²) in [6.07, 6.45) is 1.32. The van der Waals surface area contributed by atoms with Gasteiger partial charge in [0.2, 0.25) is 0 Å². The molecular formula is C21H21FN4O2. The molecule has 0 saturated carbocycles. The van der Waals surface area contributed by atoms with Crippen molar-refractivity contribution >= 4 is 34.1 Å². The minimum atomic E-state index is -0.811. The topological polar surface area (TPSA) is 74.3 Å². The van der Waals surface area contributed by atoms with Crippen molar-refractivity contribution < 1.29 is 14.0 Å². The van der Waals surface area contributed by atoms with Gasteiger partial charge in [-0.05, 0) is 36.8 Å². The van der Waals surface area contributed by atoms with E-state index < -0.39 is 17.6 Å². The Morgan fingerprint density at radius 2 is 1.79 bits per heavy atom. The van der Waals surface area contributed by atoms with Gasteiger partial charge in [-0.25, -0.2) is 4.39 Å². The summed E-state index contributed by atoms with van der Waals surface area (Å²) in [5.41, 5.74) is 2.45. The summed E-state index contributed by atoms with van der Waals surface area (Å²) in [5.74, 6) is -2.01. The van der Waals surface area contributed by atoms with Gasteiger partial charge in [-0.3, -0.25) is 14.6 Å². The van der Waals surface area contributed by atoms with E-state index in [0.717, 1.165) is 11.3 Å². The van der Waals surface area contributed by atoms with Gasteiger partial charge in [0, 0.05) is 25.2 Å². The van der Waals surface area contributed by atoms with Crippen molar-refractivity contribution in [2.24, 2.45) is 0 Å². The van der Waals surface area contributed by atoms with Crippen molar-refractivity contribution in [2.75, 3.05) is 24.3 Å². The molecule has 0 aliphatic heterocycles. The van der Waals surface area contributed by atoms with Crippen molar-refractivity contribution in [3.05, 3.63) is 66.1 Å². The van der Waals surface area contributed by atoms with Crippen molar-refractivity contribution in [1.82, 2.24) is 10.3 Å². The fraction of sp³-hybridized carbons (Fsp3) is 0.190. The van der Waals surface area contributed by atoms with E-state index >= 15 is 0 Å². The third-order valence-corrected chi connectivity index (χ3v) is 4.38. The quantitative estimate of drug-likeness (QED) is 0.682. The molecule has 0 spiro atoms. The molecule has 2 amide bonds. The van der Waals surface area contributed by atoms with Gasteiger partial charge in [0.15, 0.2) is 0 Å². The number of halogens is 1. The lowest BCUT2D eigenvalue weighted by atomic mass is 10.1. The third-order valence-electron chi connectivity index (χ3n) is 4.38. The van der Waals surface area contributed by atoms with E-state index in [4.69, 9.17) is 0 Å². The Labute approximate surface area is 162 Å². The average Bonchev–Trinajstić information content (AvgIpc) is 2.68. The minimum Gasteiger partial charge on any atom is -0.378 e. The van der Waals surface area contributed by atoms with Gasteiger partial charge in [-0.15, -0.1) is 0 Å². The molecule has 1 aromatic heterocycles. The number of rotatable bonds is 4. The molecule has 144 valence electrons. The second-order valence-corrected chi connectivity index (χ2v) is 6.67. The molecule has 0 aliphatic rings. The van der Waals surface area contributed by atoms with E-state index in [1.165, 1.54) is 12.3 Å². The van der Waals surface area contributed by atoms with Gasteiger partial charge in [-0.1, -0.05) is 24.3 Å². The fourth-order valence-electron chi connectivity index (χ4n) is 2.79. The Morgan fingerprint density at radius 3 is 2.46 bits per heavy atom. The summed E-state index contributed by atoms with van der Waals surface area (Å²) in [6, 6.07) is 13.5. The molecule has 2 N–H and O–H groups in total. The van der Waals surface area contributed by atoms with Gasteiger partial charge in [-0.2, -0.15) is 0 Å². The molecule has 0 aliphatic carbocycles. The molecule has 0 saturated heterocycles. The van der Waals surface area contributed by atoms with Crippen LogP contribution in [0.4, 0.5) is 15.8 Å². The first kappa shape index (κ1) is 19.3. The maximum Gasteiger partial charge on any atom is 0.313 e. The van der Waals surface area contributed by atoms with Crippen LogP contribution in [0.5, 0.6) is 0 Å². The van der Waals surface area contributed by atoms with Crippen molar-refractivity contribution in [1.29, 1.82) is 0 Å². The van der Waals surface area contributed by atoms with Gasteiger partial charge >= 0.3 is 11.8 Å². The monoisotopic (exact) mass is 380 g/mol. The van der Waals surface area contributed by atoms with Crippen molar-refractivity contribution in [3.8, 4) is 0 Å². The maximum atomic E-state index is 13.7. The molecule has 1 heterocycles. The van der Waals surface area contributed by atoms with E-state index in [1.54, 1.807) is 25.1 Å². The Kier molecular flexibility index (Phi) is 5.54. The van der Waals surface area contributed by atoms with E-state index in [0.29, 0.717) is 11.1 Å². The minimum absolute atomic E-state index is 0.208. The number of para-hydroxylation sites is 1. The number of amides is 2. The number of carbonyl (C=O) groups is 2. The predicted molar refractivity (Wildman–Crippen MR) is 108 cm³/mol. The first-order valence-electron chi connectivity index (χ1n) is 8.78. The lowest BCUT2D eigenvalue weighted by Gasteiger charge is -2.17. The average molecular weight is 380 g/mol. The second-order valence-electron chi connectivity index (χ2n) is 6.67. The van der Waals surface area contributed by atoms with Crippen LogP contribution in [0.2, 0.25) is 0 Å². The zero-order valence-corrected chi connectivity index (χ0v) is 15.9. The lowest BCUT2D eigenvalue weighted by molar-refractivity contribution is -0.136. The molecule has 0 fully saturated rings. The van der Waals surface area contributed by atoms with Crippen LogP contribution in [-0.2, 0) is 9.59 Å². The SMILES string of the molecule is CC(NC(=O)C(=O)Nc1cnc2c(F)cccc2c1)c1ccc(N(C)C)cc1. The molecule has 2 aromatic carbocycles. The van der Waals surface area contributed by atoms with E-state index in [1.807, 2.05) is 43.3 Å². The Hall–Kier alpha value is -3.48. The summed E-state index contributed by atoms with van der Waals surface area (Å²) in [5, 5.41) is 5.69. The predicted octanol–water partition coefficient (Wildman–Crippen LogP) is 3.26. The number of hydrogen-bond donors (Lipinski definition) is 2. The third kappa shape index (κ3) is 4.25. The number of benzene rings is 2. The Bertz CT molecular complexity index is 1020. The number of aromatic nitrogens is 1. The standard InChI is InChI=1S/C21H21FN4O2/c1-13(14-7-9-17(10-8-14)26(2)3)24-20(27)21(28)25-16-11-15-5-4-6-18(22)19(15)23-12-16/h4-13H,1-3H3,(H,24,27)(H,25,28). The van der Waals surface area contributed by atoms with E-state index in [9.17, 15) is 14.0 Å². The van der Waals surface area contributed by atoms with Crippen molar-refractivity contribution in [3.63, 3.8) is 0 Å². The summed E-state index contributed by atoms with van der Waals surface area (Å²) in [6.45, 7) is 1.80.